The third-order valence-corrected chi connectivity index (χ3v) is 12.9. The molecule has 0 heterocycles. The highest BCUT2D eigenvalue weighted by Gasteiger charge is 2.19. The first-order valence-electron chi connectivity index (χ1n) is 32.3. The van der Waals surface area contributed by atoms with Gasteiger partial charge in [-0.15, -0.1) is 0 Å². The molecule has 0 aromatic rings. The number of ether oxygens (including phenoxy) is 3. The van der Waals surface area contributed by atoms with Crippen molar-refractivity contribution in [3.8, 4) is 0 Å². The first-order valence-corrected chi connectivity index (χ1v) is 32.3. The van der Waals surface area contributed by atoms with Crippen LogP contribution in [0.4, 0.5) is 0 Å². The highest BCUT2D eigenvalue weighted by atomic mass is 16.6. The summed E-state index contributed by atoms with van der Waals surface area (Å²) >= 11 is 0. The first-order chi connectivity index (χ1) is 40.0. The Bertz CT molecular complexity index is 1900. The lowest BCUT2D eigenvalue weighted by molar-refractivity contribution is -0.166. The Hall–Kier alpha value is -5.49. The van der Waals surface area contributed by atoms with Crippen LogP contribution in [0.5, 0.6) is 0 Å². The van der Waals surface area contributed by atoms with Crippen LogP contribution in [0, 0.1) is 0 Å². The van der Waals surface area contributed by atoms with Crippen molar-refractivity contribution in [2.75, 3.05) is 13.2 Å². The highest BCUT2D eigenvalue weighted by Crippen LogP contribution is 2.14. The first kappa shape index (κ1) is 75.5. The third kappa shape index (κ3) is 65.2. The van der Waals surface area contributed by atoms with Gasteiger partial charge in [0.15, 0.2) is 6.10 Å². The molecule has 0 amide bonds. The van der Waals surface area contributed by atoms with Gasteiger partial charge in [-0.2, -0.15) is 0 Å². The van der Waals surface area contributed by atoms with Crippen molar-refractivity contribution in [2.45, 2.75) is 258 Å². The maximum absolute atomic E-state index is 12.9. The van der Waals surface area contributed by atoms with Crippen LogP contribution >= 0.6 is 0 Å². The Morgan fingerprint density at radius 1 is 0.259 bits per heavy atom. The summed E-state index contributed by atoms with van der Waals surface area (Å²) in [4.78, 5) is 38.3. The molecule has 0 aliphatic carbocycles. The van der Waals surface area contributed by atoms with E-state index < -0.39 is 12.1 Å². The predicted molar refractivity (Wildman–Crippen MR) is 352 cm³/mol. The molecule has 0 saturated heterocycles. The third-order valence-electron chi connectivity index (χ3n) is 12.9. The molecule has 0 aliphatic rings. The Morgan fingerprint density at radius 3 is 0.827 bits per heavy atom. The van der Waals surface area contributed by atoms with Crippen molar-refractivity contribution in [1.82, 2.24) is 0 Å². The van der Waals surface area contributed by atoms with E-state index in [1.165, 1.54) is 89.9 Å². The monoisotopic (exact) mass is 1110 g/mol. The van der Waals surface area contributed by atoms with E-state index in [-0.39, 0.29) is 38.0 Å². The molecular formula is C75H116O6. The number of carbonyl (C=O) groups is 3. The van der Waals surface area contributed by atoms with Crippen LogP contribution in [0.25, 0.3) is 0 Å². The van der Waals surface area contributed by atoms with E-state index in [1.807, 2.05) is 24.3 Å². The van der Waals surface area contributed by atoms with Crippen LogP contribution in [0.2, 0.25) is 0 Å². The van der Waals surface area contributed by atoms with E-state index in [4.69, 9.17) is 14.2 Å². The second kappa shape index (κ2) is 67.0. The summed E-state index contributed by atoms with van der Waals surface area (Å²) in [5.74, 6) is -1.13. The van der Waals surface area contributed by atoms with Gasteiger partial charge in [0.05, 0.1) is 0 Å². The van der Waals surface area contributed by atoms with E-state index in [1.54, 1.807) is 0 Å². The van der Waals surface area contributed by atoms with Crippen molar-refractivity contribution in [1.29, 1.82) is 0 Å². The summed E-state index contributed by atoms with van der Waals surface area (Å²) in [7, 11) is 0. The molecule has 0 spiro atoms. The largest absolute Gasteiger partial charge is 0.462 e. The molecule has 0 bridgehead atoms. The van der Waals surface area contributed by atoms with Gasteiger partial charge in [-0.3, -0.25) is 14.4 Å². The van der Waals surface area contributed by atoms with Crippen molar-refractivity contribution < 1.29 is 28.6 Å². The molecule has 0 saturated carbocycles. The van der Waals surface area contributed by atoms with Gasteiger partial charge in [0.25, 0.3) is 0 Å². The normalized spacial score (nSPS) is 13.4. The zero-order valence-corrected chi connectivity index (χ0v) is 51.7. The Morgan fingerprint density at radius 2 is 0.506 bits per heavy atom. The van der Waals surface area contributed by atoms with Crippen molar-refractivity contribution in [3.05, 3.63) is 182 Å². The minimum atomic E-state index is -0.863. The summed E-state index contributed by atoms with van der Waals surface area (Å²) in [6.45, 7) is 6.26. The number of rotatable bonds is 56. The zero-order chi connectivity index (χ0) is 58.5. The van der Waals surface area contributed by atoms with Crippen LogP contribution in [-0.2, 0) is 28.6 Å². The minimum absolute atomic E-state index is 0.143. The number of allylic oxidation sites excluding steroid dienone is 30. The molecule has 6 nitrogen and oxygen atoms in total. The van der Waals surface area contributed by atoms with E-state index >= 15 is 0 Å². The minimum Gasteiger partial charge on any atom is -0.462 e. The molecule has 0 aromatic carbocycles. The smallest absolute Gasteiger partial charge is 0.306 e. The molecule has 452 valence electrons. The van der Waals surface area contributed by atoms with E-state index in [9.17, 15) is 14.4 Å². The molecule has 0 radical (unpaired) electrons. The van der Waals surface area contributed by atoms with Gasteiger partial charge >= 0.3 is 17.9 Å². The number of hydrogen-bond acceptors (Lipinski definition) is 6. The lowest BCUT2D eigenvalue weighted by Crippen LogP contribution is -2.30. The van der Waals surface area contributed by atoms with Crippen LogP contribution in [-0.4, -0.2) is 37.2 Å². The van der Waals surface area contributed by atoms with Crippen LogP contribution in [0.15, 0.2) is 182 Å². The lowest BCUT2D eigenvalue weighted by Gasteiger charge is -2.18. The van der Waals surface area contributed by atoms with Crippen LogP contribution in [0.3, 0.4) is 0 Å². The second-order valence-electron chi connectivity index (χ2n) is 20.5. The van der Waals surface area contributed by atoms with Crippen molar-refractivity contribution >= 4 is 17.9 Å². The molecule has 0 rings (SSSR count). The maximum atomic E-state index is 12.9. The van der Waals surface area contributed by atoms with Crippen LogP contribution < -0.4 is 0 Å². The SMILES string of the molecule is CC/C=C\C/C=C\C/C=C\C/C=C\C/C=C\C/C=C\CCC(=O)OCC(COC(=O)CCCCCCCCCCCC/C=C\C/C=C\C/C=C\CCCCCCC)OC(=O)CC/C=C\C/C=C\C/C=C\C/C=C\C/C=C\C/C=C\CC. The summed E-state index contributed by atoms with van der Waals surface area (Å²) in [6, 6.07) is 0. The lowest BCUT2D eigenvalue weighted by atomic mass is 10.1. The van der Waals surface area contributed by atoms with Gasteiger partial charge in [0.1, 0.15) is 13.2 Å². The molecule has 0 aliphatic heterocycles. The Labute approximate surface area is 497 Å². The number of esters is 3. The standard InChI is InChI=1S/C75H116O6/c1-4-7-10-13-16-19-22-25-28-31-34-35-36-37-38-39-42-44-47-50-53-56-59-62-65-68-74(77)80-71-72(81-75(78)69-66-63-60-57-54-51-48-45-41-33-30-27-24-21-18-15-12-9-6-3)70-79-73(76)67-64-61-58-55-52-49-46-43-40-32-29-26-23-20-17-14-11-8-5-2/h8-9,11-12,17-18,20-22,25-27,29-31,34,36-37,40-41,43,45,49,51-52,54,58,60-61,63,72H,4-7,10,13-16,19,23-24,28,32-33,35,38-39,42,44,46-48,50,53,55-57,59,62,64-71H2,1-3H3/b11-8-,12-9-,20-17-,21-18-,25-22-,29-26-,30-27-,34-31-,37-36-,43-40-,45-41-,52-49-,54-51-,61-58-,63-60-. The molecular weight excluding hydrogens is 997 g/mol. The highest BCUT2D eigenvalue weighted by molar-refractivity contribution is 5.71. The van der Waals surface area contributed by atoms with Crippen molar-refractivity contribution in [3.63, 3.8) is 0 Å². The van der Waals surface area contributed by atoms with Gasteiger partial charge in [0.2, 0.25) is 0 Å². The quantitative estimate of drug-likeness (QED) is 0.0261. The molecule has 1 unspecified atom stereocenters. The Kier molecular flexibility index (Phi) is 62.5. The van der Waals surface area contributed by atoms with Crippen LogP contribution in [0.1, 0.15) is 252 Å². The summed E-state index contributed by atoms with van der Waals surface area (Å²) in [6.07, 6.45) is 101. The zero-order valence-electron chi connectivity index (χ0n) is 51.7. The fraction of sp³-hybridized carbons (Fsp3) is 0.560. The molecule has 1 atom stereocenters. The van der Waals surface area contributed by atoms with E-state index in [0.29, 0.717) is 19.3 Å². The molecule has 0 aromatic heterocycles. The number of carbonyl (C=O) groups excluding carboxylic acids is 3. The second-order valence-corrected chi connectivity index (χ2v) is 20.5. The van der Waals surface area contributed by atoms with Gasteiger partial charge in [-0.25, -0.2) is 0 Å². The summed E-state index contributed by atoms with van der Waals surface area (Å²) < 4.78 is 16.8. The number of unbranched alkanes of at least 4 members (excludes halogenated alkanes) is 15. The fourth-order valence-corrected chi connectivity index (χ4v) is 8.15. The molecule has 0 fully saturated rings. The summed E-state index contributed by atoms with van der Waals surface area (Å²) in [5, 5.41) is 0. The average Bonchev–Trinajstić information content (AvgIpc) is 3.47. The van der Waals surface area contributed by atoms with E-state index in [0.717, 1.165) is 109 Å². The average molecular weight is 1110 g/mol. The maximum Gasteiger partial charge on any atom is 0.306 e. The molecule has 6 heteroatoms. The van der Waals surface area contributed by atoms with Gasteiger partial charge < -0.3 is 14.2 Å². The fourth-order valence-electron chi connectivity index (χ4n) is 8.15. The molecule has 81 heavy (non-hydrogen) atoms. The topological polar surface area (TPSA) is 78.9 Å². The summed E-state index contributed by atoms with van der Waals surface area (Å²) in [5.41, 5.74) is 0. The predicted octanol–water partition coefficient (Wildman–Crippen LogP) is 22.4. The number of hydrogen-bond donors (Lipinski definition) is 0. The van der Waals surface area contributed by atoms with Gasteiger partial charge in [-0.05, 0) is 135 Å². The van der Waals surface area contributed by atoms with Gasteiger partial charge in [-0.1, -0.05) is 280 Å². The molecule has 0 N–H and O–H groups in total. The Balaban J connectivity index is 4.59. The van der Waals surface area contributed by atoms with E-state index in [2.05, 4.69) is 179 Å². The van der Waals surface area contributed by atoms with Gasteiger partial charge in [0, 0.05) is 19.3 Å². The van der Waals surface area contributed by atoms with Crippen molar-refractivity contribution in [2.24, 2.45) is 0 Å².